The van der Waals surface area contributed by atoms with Crippen molar-refractivity contribution in [1.29, 1.82) is 0 Å². The standard InChI is InChI=1S/C24H26O2P.ClH/c1-3-23(24(25)26-4-2)27(20-14-8-5-9-15-20,21-16-10-6-11-17-21)22-18-12-7-13-19-22;/h5-19,23H,3-4H2,1-2H3;1H/q+1;/p-1. The molecule has 0 radical (unpaired) electrons. The molecule has 0 heterocycles. The summed E-state index contributed by atoms with van der Waals surface area (Å²) in [7, 11) is -2.22. The number of carbonyl (C=O) groups excluding carboxylic acids is 1. The first-order valence-electron chi connectivity index (χ1n) is 9.47. The van der Waals surface area contributed by atoms with Crippen LogP contribution >= 0.6 is 7.26 Å². The fourth-order valence-corrected chi connectivity index (χ4v) is 8.65. The van der Waals surface area contributed by atoms with Crippen molar-refractivity contribution in [3.05, 3.63) is 91.0 Å². The maximum Gasteiger partial charge on any atom is 0.348 e. The van der Waals surface area contributed by atoms with Gasteiger partial charge in [0.25, 0.3) is 0 Å². The van der Waals surface area contributed by atoms with Crippen LogP contribution < -0.4 is 28.3 Å². The molecule has 0 aliphatic carbocycles. The van der Waals surface area contributed by atoms with E-state index in [-0.39, 0.29) is 24.0 Å². The Labute approximate surface area is 174 Å². The molecule has 0 spiro atoms. The second-order valence-corrected chi connectivity index (χ2v) is 10.0. The maximum atomic E-state index is 13.1. The molecule has 0 saturated heterocycles. The predicted octanol–water partition coefficient (Wildman–Crippen LogP) is 1.33. The van der Waals surface area contributed by atoms with E-state index in [1.165, 1.54) is 15.9 Å². The summed E-state index contributed by atoms with van der Waals surface area (Å²) in [6, 6.07) is 31.4. The zero-order valence-corrected chi connectivity index (χ0v) is 17.9. The Kier molecular flexibility index (Phi) is 8.23. The fraction of sp³-hybridized carbons (Fsp3) is 0.208. The molecule has 0 aromatic heterocycles. The van der Waals surface area contributed by atoms with E-state index < -0.39 is 7.26 Å². The smallest absolute Gasteiger partial charge is 0.348 e. The van der Waals surface area contributed by atoms with Crippen LogP contribution in [0.5, 0.6) is 0 Å². The molecule has 0 amide bonds. The van der Waals surface area contributed by atoms with Crippen LogP contribution in [0.2, 0.25) is 0 Å². The Hall–Kier alpha value is -2.15. The lowest BCUT2D eigenvalue weighted by Gasteiger charge is -2.32. The Bertz CT molecular complexity index is 757. The van der Waals surface area contributed by atoms with E-state index in [0.717, 1.165) is 6.42 Å². The third-order valence-corrected chi connectivity index (χ3v) is 9.75. The predicted molar refractivity (Wildman–Crippen MR) is 116 cm³/mol. The molecule has 3 aromatic carbocycles. The van der Waals surface area contributed by atoms with Gasteiger partial charge in [-0.25, -0.2) is 4.79 Å². The van der Waals surface area contributed by atoms with Gasteiger partial charge in [0.05, 0.1) is 6.61 Å². The van der Waals surface area contributed by atoms with Gasteiger partial charge in [0, 0.05) is 0 Å². The van der Waals surface area contributed by atoms with Crippen LogP contribution in [0.4, 0.5) is 0 Å². The summed E-state index contributed by atoms with van der Waals surface area (Å²) in [6.45, 7) is 4.36. The van der Waals surface area contributed by atoms with Crippen LogP contribution in [-0.2, 0) is 9.53 Å². The van der Waals surface area contributed by atoms with E-state index in [9.17, 15) is 4.79 Å². The van der Waals surface area contributed by atoms with E-state index >= 15 is 0 Å². The van der Waals surface area contributed by atoms with Crippen molar-refractivity contribution in [2.24, 2.45) is 0 Å². The first kappa shape index (κ1) is 22.1. The van der Waals surface area contributed by atoms with E-state index in [0.29, 0.717) is 6.61 Å². The Morgan fingerprint density at radius 1 is 0.750 bits per heavy atom. The molecule has 0 aliphatic heterocycles. The fourth-order valence-electron chi connectivity index (χ4n) is 3.81. The third-order valence-electron chi connectivity index (χ3n) is 4.90. The number of esters is 1. The van der Waals surface area contributed by atoms with Gasteiger partial charge in [-0.3, -0.25) is 0 Å². The van der Waals surface area contributed by atoms with Crippen molar-refractivity contribution in [3.63, 3.8) is 0 Å². The minimum atomic E-state index is -2.22. The molecule has 0 saturated carbocycles. The molecule has 146 valence electrons. The molecule has 0 fully saturated rings. The molecule has 0 aliphatic rings. The highest BCUT2D eigenvalue weighted by Crippen LogP contribution is 2.61. The van der Waals surface area contributed by atoms with Crippen LogP contribution in [0.1, 0.15) is 20.3 Å². The van der Waals surface area contributed by atoms with Gasteiger partial charge in [-0.2, -0.15) is 0 Å². The van der Waals surface area contributed by atoms with Crippen LogP contribution in [0, 0.1) is 0 Å². The molecule has 3 rings (SSSR count). The van der Waals surface area contributed by atoms with Crippen molar-refractivity contribution in [2.45, 2.75) is 25.9 Å². The summed E-state index contributed by atoms with van der Waals surface area (Å²) in [5.41, 5.74) is -0.218. The highest BCUT2D eigenvalue weighted by Gasteiger charge is 2.55. The van der Waals surface area contributed by atoms with Gasteiger partial charge in [0.15, 0.2) is 5.66 Å². The van der Waals surface area contributed by atoms with Gasteiger partial charge < -0.3 is 17.1 Å². The maximum absolute atomic E-state index is 13.1. The highest BCUT2D eigenvalue weighted by atomic mass is 35.5. The van der Waals surface area contributed by atoms with Crippen molar-refractivity contribution < 1.29 is 21.9 Å². The second-order valence-electron chi connectivity index (χ2n) is 6.41. The van der Waals surface area contributed by atoms with E-state index in [2.05, 4.69) is 79.7 Å². The minimum absolute atomic E-state index is 0. The number of benzene rings is 3. The quantitative estimate of drug-likeness (QED) is 0.432. The largest absolute Gasteiger partial charge is 1.00 e. The number of ether oxygens (including phenoxy) is 1. The Morgan fingerprint density at radius 3 is 1.39 bits per heavy atom. The SMILES string of the molecule is CCOC(=O)C(CC)[P+](c1ccccc1)(c1ccccc1)c1ccccc1.[Cl-]. The zero-order chi connectivity index (χ0) is 19.1. The van der Waals surface area contributed by atoms with Gasteiger partial charge >= 0.3 is 5.97 Å². The Balaban J connectivity index is 0.00000280. The van der Waals surface area contributed by atoms with Gasteiger partial charge in [-0.15, -0.1) is 0 Å². The van der Waals surface area contributed by atoms with Crippen LogP contribution in [0.15, 0.2) is 91.0 Å². The number of halogens is 1. The summed E-state index contributed by atoms with van der Waals surface area (Å²) >= 11 is 0. The van der Waals surface area contributed by atoms with Crippen LogP contribution in [-0.4, -0.2) is 18.2 Å². The lowest BCUT2D eigenvalue weighted by Crippen LogP contribution is -3.00. The zero-order valence-electron chi connectivity index (χ0n) is 16.3. The van der Waals surface area contributed by atoms with Crippen LogP contribution in [0.25, 0.3) is 0 Å². The van der Waals surface area contributed by atoms with E-state index in [1.807, 2.05) is 25.1 Å². The average Bonchev–Trinajstić information content (AvgIpc) is 2.74. The van der Waals surface area contributed by atoms with Crippen molar-refractivity contribution >= 4 is 29.1 Å². The van der Waals surface area contributed by atoms with E-state index in [4.69, 9.17) is 4.74 Å². The molecule has 0 bridgehead atoms. The average molecular weight is 413 g/mol. The first-order valence-corrected chi connectivity index (χ1v) is 11.3. The van der Waals surface area contributed by atoms with Gasteiger partial charge in [-0.1, -0.05) is 61.5 Å². The van der Waals surface area contributed by atoms with Gasteiger partial charge in [0.2, 0.25) is 0 Å². The summed E-state index contributed by atoms with van der Waals surface area (Å²) in [5, 5.41) is 3.63. The highest BCUT2D eigenvalue weighted by molar-refractivity contribution is 7.96. The van der Waals surface area contributed by atoms with Crippen molar-refractivity contribution in [2.75, 3.05) is 6.61 Å². The molecule has 3 aromatic rings. The number of rotatable bonds is 7. The lowest BCUT2D eigenvalue weighted by atomic mass is 10.3. The molecule has 1 unspecified atom stereocenters. The van der Waals surface area contributed by atoms with E-state index in [1.54, 1.807) is 0 Å². The van der Waals surface area contributed by atoms with Crippen LogP contribution in [0.3, 0.4) is 0 Å². The first-order chi connectivity index (χ1) is 13.2. The molecule has 0 N–H and O–H groups in total. The third kappa shape index (κ3) is 4.14. The van der Waals surface area contributed by atoms with Gasteiger partial charge in [-0.05, 0) is 49.7 Å². The monoisotopic (exact) mass is 412 g/mol. The number of hydrogen-bond donors (Lipinski definition) is 0. The molecular weight excluding hydrogens is 387 g/mol. The Morgan fingerprint density at radius 2 is 1.11 bits per heavy atom. The summed E-state index contributed by atoms with van der Waals surface area (Å²) in [6.07, 6.45) is 0.727. The van der Waals surface area contributed by atoms with Crippen molar-refractivity contribution in [1.82, 2.24) is 0 Å². The second kappa shape index (κ2) is 10.4. The molecular formula is C24H26ClO2P. The van der Waals surface area contributed by atoms with Gasteiger partial charge in [0.1, 0.15) is 23.2 Å². The minimum Gasteiger partial charge on any atom is -1.00 e. The lowest BCUT2D eigenvalue weighted by molar-refractivity contribution is -0.142. The molecule has 28 heavy (non-hydrogen) atoms. The molecule has 4 heteroatoms. The molecule has 1 atom stereocenters. The number of hydrogen-bond acceptors (Lipinski definition) is 2. The summed E-state index contributed by atoms with van der Waals surface area (Å²) < 4.78 is 5.55. The van der Waals surface area contributed by atoms with Crippen molar-refractivity contribution in [3.8, 4) is 0 Å². The summed E-state index contributed by atoms with van der Waals surface area (Å²) in [5.74, 6) is -0.107. The normalized spacial score (nSPS) is 11.9. The molecule has 2 nitrogen and oxygen atoms in total. The topological polar surface area (TPSA) is 26.3 Å². The number of carbonyl (C=O) groups is 1. The summed E-state index contributed by atoms with van der Waals surface area (Å²) in [4.78, 5) is 13.1.